The first kappa shape index (κ1) is 21.5. The molecule has 0 aromatic carbocycles. The molecule has 8 nitrogen and oxygen atoms in total. The number of aromatic nitrogens is 3. The van der Waals surface area contributed by atoms with Gasteiger partial charge >= 0.3 is 5.69 Å². The first-order valence-corrected chi connectivity index (χ1v) is 10.2. The van der Waals surface area contributed by atoms with Crippen LogP contribution in [0.5, 0.6) is 0 Å². The first-order chi connectivity index (χ1) is 13.5. The molecule has 1 aliphatic heterocycles. The summed E-state index contributed by atoms with van der Waals surface area (Å²) in [5.74, 6) is 0.596. The van der Waals surface area contributed by atoms with Crippen molar-refractivity contribution in [3.05, 3.63) is 38.2 Å². The summed E-state index contributed by atoms with van der Waals surface area (Å²) in [4.78, 5) is 47.2. The predicted molar refractivity (Wildman–Crippen MR) is 114 cm³/mol. The molecule has 9 heteroatoms. The molecule has 0 atom stereocenters. The molecule has 2 aromatic heterocycles. The topological polar surface area (TPSA) is 114 Å². The number of hydrogen-bond acceptors (Lipinski definition) is 5. The second kappa shape index (κ2) is 8.67. The van der Waals surface area contributed by atoms with Crippen molar-refractivity contribution in [2.45, 2.75) is 51.5 Å². The summed E-state index contributed by atoms with van der Waals surface area (Å²) < 4.78 is 1.49. The molecule has 2 fully saturated rings. The lowest BCUT2D eigenvalue weighted by Gasteiger charge is -2.31. The molecule has 1 aliphatic carbocycles. The zero-order valence-electron chi connectivity index (χ0n) is 16.6. The number of halogens is 1. The third-order valence-corrected chi connectivity index (χ3v) is 5.88. The van der Waals surface area contributed by atoms with Gasteiger partial charge in [-0.3, -0.25) is 19.1 Å². The van der Waals surface area contributed by atoms with Gasteiger partial charge in [-0.25, -0.2) is 9.78 Å². The van der Waals surface area contributed by atoms with E-state index in [0.717, 1.165) is 37.8 Å². The van der Waals surface area contributed by atoms with Crippen LogP contribution in [0.15, 0.2) is 15.7 Å². The Balaban J connectivity index is 0.00000240. The maximum atomic E-state index is 13.3. The molecule has 4 rings (SSSR count). The van der Waals surface area contributed by atoms with Gasteiger partial charge in [0, 0.05) is 31.2 Å². The summed E-state index contributed by atoms with van der Waals surface area (Å²) in [6.45, 7) is 4.31. The summed E-state index contributed by atoms with van der Waals surface area (Å²) in [6.07, 6.45) is 4.52. The number of likely N-dealkylation sites (tertiary alicyclic amines) is 1. The van der Waals surface area contributed by atoms with Crippen molar-refractivity contribution in [1.82, 2.24) is 19.4 Å². The zero-order valence-corrected chi connectivity index (χ0v) is 17.5. The number of rotatable bonds is 5. The Morgan fingerprint density at radius 3 is 2.52 bits per heavy atom. The van der Waals surface area contributed by atoms with E-state index in [-0.39, 0.29) is 23.7 Å². The average molecular weight is 422 g/mol. The third-order valence-electron chi connectivity index (χ3n) is 5.88. The number of aromatic amines is 1. The van der Waals surface area contributed by atoms with Crippen molar-refractivity contribution >= 4 is 29.3 Å². The maximum Gasteiger partial charge on any atom is 0.329 e. The minimum absolute atomic E-state index is 0. The molecular weight excluding hydrogens is 394 g/mol. The number of nitrogens with one attached hydrogen (secondary N) is 1. The van der Waals surface area contributed by atoms with E-state index in [1.807, 2.05) is 6.92 Å². The lowest BCUT2D eigenvalue weighted by molar-refractivity contribution is 0.0695. The number of nitrogens with two attached hydrogens (primary N) is 1. The Labute approximate surface area is 174 Å². The Kier molecular flexibility index (Phi) is 6.43. The van der Waals surface area contributed by atoms with Crippen LogP contribution in [0, 0.1) is 5.92 Å². The van der Waals surface area contributed by atoms with Gasteiger partial charge < -0.3 is 10.6 Å². The van der Waals surface area contributed by atoms with Crippen molar-refractivity contribution in [2.24, 2.45) is 11.7 Å². The lowest BCUT2D eigenvalue weighted by atomic mass is 9.96. The molecule has 1 amide bonds. The number of piperidine rings is 1. The van der Waals surface area contributed by atoms with Crippen molar-refractivity contribution in [3.8, 4) is 0 Å². The van der Waals surface area contributed by atoms with Crippen LogP contribution in [0.1, 0.15) is 61.0 Å². The van der Waals surface area contributed by atoms with Crippen LogP contribution < -0.4 is 17.0 Å². The van der Waals surface area contributed by atoms with E-state index in [0.29, 0.717) is 49.2 Å². The van der Waals surface area contributed by atoms with Crippen LogP contribution in [0.4, 0.5) is 0 Å². The molecule has 0 spiro atoms. The van der Waals surface area contributed by atoms with Gasteiger partial charge in [0.25, 0.3) is 11.5 Å². The van der Waals surface area contributed by atoms with Gasteiger partial charge in [-0.1, -0.05) is 6.92 Å². The van der Waals surface area contributed by atoms with E-state index in [1.54, 1.807) is 11.0 Å². The van der Waals surface area contributed by atoms with Gasteiger partial charge in [0.1, 0.15) is 0 Å². The second-order valence-corrected chi connectivity index (χ2v) is 7.95. The van der Waals surface area contributed by atoms with E-state index in [1.165, 1.54) is 4.57 Å². The first-order valence-electron chi connectivity index (χ1n) is 10.2. The third kappa shape index (κ3) is 4.09. The van der Waals surface area contributed by atoms with E-state index in [9.17, 15) is 14.4 Å². The number of carbonyl (C=O) groups excluding carboxylic acids is 1. The van der Waals surface area contributed by atoms with E-state index < -0.39 is 11.2 Å². The minimum Gasteiger partial charge on any atom is -0.339 e. The maximum absolute atomic E-state index is 13.3. The van der Waals surface area contributed by atoms with Gasteiger partial charge in [-0.05, 0) is 50.6 Å². The van der Waals surface area contributed by atoms with Crippen LogP contribution in [0.25, 0.3) is 11.0 Å². The molecule has 0 unspecified atom stereocenters. The number of H-pyrrole nitrogens is 1. The average Bonchev–Trinajstić information content (AvgIpc) is 3.55. The fraction of sp³-hybridized carbons (Fsp3) is 0.600. The van der Waals surface area contributed by atoms with Gasteiger partial charge in [0.15, 0.2) is 5.65 Å². The molecule has 158 valence electrons. The molecule has 0 bridgehead atoms. The highest BCUT2D eigenvalue weighted by Crippen LogP contribution is 2.40. The SMILES string of the molecule is CCCn1c(=O)[nH]c(=O)c2c(C(=O)N3CCC(CN)CC3)cc(C3CC3)nc21.Cl. The Hall–Kier alpha value is -2.19. The monoisotopic (exact) mass is 421 g/mol. The van der Waals surface area contributed by atoms with E-state index in [4.69, 9.17) is 5.73 Å². The summed E-state index contributed by atoms with van der Waals surface area (Å²) in [6, 6.07) is 1.77. The Morgan fingerprint density at radius 1 is 1.24 bits per heavy atom. The number of hydrogen-bond donors (Lipinski definition) is 2. The fourth-order valence-corrected chi connectivity index (χ4v) is 4.02. The van der Waals surface area contributed by atoms with Crippen molar-refractivity contribution in [2.75, 3.05) is 19.6 Å². The zero-order chi connectivity index (χ0) is 19.8. The van der Waals surface area contributed by atoms with Gasteiger partial charge in [0.2, 0.25) is 0 Å². The molecule has 29 heavy (non-hydrogen) atoms. The number of amides is 1. The van der Waals surface area contributed by atoms with Crippen molar-refractivity contribution in [1.29, 1.82) is 0 Å². The Morgan fingerprint density at radius 2 is 1.93 bits per heavy atom. The van der Waals surface area contributed by atoms with E-state index in [2.05, 4.69) is 9.97 Å². The van der Waals surface area contributed by atoms with Crippen LogP contribution in [0.2, 0.25) is 0 Å². The molecule has 1 saturated carbocycles. The molecular formula is C20H28ClN5O3. The summed E-state index contributed by atoms with van der Waals surface area (Å²) in [5, 5.41) is 0.225. The normalized spacial score (nSPS) is 17.4. The van der Waals surface area contributed by atoms with Crippen molar-refractivity contribution < 1.29 is 4.79 Å². The summed E-state index contributed by atoms with van der Waals surface area (Å²) in [5.41, 5.74) is 6.26. The largest absolute Gasteiger partial charge is 0.339 e. The molecule has 2 aromatic rings. The molecule has 3 N–H and O–H groups in total. The number of fused-ring (bicyclic) bond motifs is 1. The quantitative estimate of drug-likeness (QED) is 0.761. The van der Waals surface area contributed by atoms with Crippen LogP contribution in [-0.4, -0.2) is 45.0 Å². The molecule has 1 saturated heterocycles. The minimum atomic E-state index is -0.539. The van der Waals surface area contributed by atoms with Crippen LogP contribution in [-0.2, 0) is 6.54 Å². The highest BCUT2D eigenvalue weighted by molar-refractivity contribution is 6.05. The number of nitrogens with zero attached hydrogens (tertiary/aromatic N) is 3. The number of pyridine rings is 1. The molecule has 2 aliphatic rings. The smallest absolute Gasteiger partial charge is 0.329 e. The van der Waals surface area contributed by atoms with Crippen LogP contribution >= 0.6 is 12.4 Å². The van der Waals surface area contributed by atoms with Gasteiger partial charge in [-0.2, -0.15) is 0 Å². The summed E-state index contributed by atoms with van der Waals surface area (Å²) in [7, 11) is 0. The van der Waals surface area contributed by atoms with Crippen LogP contribution in [0.3, 0.4) is 0 Å². The molecule has 0 radical (unpaired) electrons. The highest BCUT2D eigenvalue weighted by atomic mass is 35.5. The lowest BCUT2D eigenvalue weighted by Crippen LogP contribution is -2.41. The fourth-order valence-electron chi connectivity index (χ4n) is 4.02. The van der Waals surface area contributed by atoms with Crippen molar-refractivity contribution in [3.63, 3.8) is 0 Å². The highest BCUT2D eigenvalue weighted by Gasteiger charge is 2.31. The van der Waals surface area contributed by atoms with Gasteiger partial charge in [-0.15, -0.1) is 12.4 Å². The summed E-state index contributed by atoms with van der Waals surface area (Å²) >= 11 is 0. The predicted octanol–water partition coefficient (Wildman–Crippen LogP) is 1.60. The number of aryl methyl sites for hydroxylation is 1. The number of carbonyl (C=O) groups is 1. The van der Waals surface area contributed by atoms with Gasteiger partial charge in [0.05, 0.1) is 10.9 Å². The molecule has 3 heterocycles. The second-order valence-electron chi connectivity index (χ2n) is 7.95. The standard InChI is InChI=1S/C20H27N5O3.ClH/c1-2-7-25-17-16(18(26)23-20(25)28)14(10-15(22-17)13-3-4-13)19(27)24-8-5-12(11-21)6-9-24;/h10,12-13H,2-9,11,21H2,1H3,(H,23,26,28);1H. The van der Waals surface area contributed by atoms with E-state index >= 15 is 0 Å². The Bertz CT molecular complexity index is 1020.